The number of nitriles is 1. The Hall–Kier alpha value is -3.50. The summed E-state index contributed by atoms with van der Waals surface area (Å²) in [6, 6.07) is 13.6. The van der Waals surface area contributed by atoms with Crippen LogP contribution in [0.5, 0.6) is 0 Å². The van der Waals surface area contributed by atoms with Crippen molar-refractivity contribution >= 4 is 28.3 Å². The molecular weight excluding hydrogens is 366 g/mol. The molecule has 2 aromatic carbocycles. The number of benzene rings is 2. The Morgan fingerprint density at radius 2 is 1.97 bits per heavy atom. The second-order valence-electron chi connectivity index (χ2n) is 7.78. The molecule has 1 fully saturated rings. The minimum atomic E-state index is -1.18. The smallest absolute Gasteiger partial charge is 0.256 e. The number of hydrogen-bond donors (Lipinski definition) is 3. The molecule has 2 aliphatic rings. The molecule has 0 spiro atoms. The molecule has 1 saturated carbocycles. The zero-order chi connectivity index (χ0) is 20.0. The Morgan fingerprint density at radius 3 is 2.76 bits per heavy atom. The van der Waals surface area contributed by atoms with Crippen molar-refractivity contribution in [2.45, 2.75) is 37.3 Å². The van der Waals surface area contributed by atoms with Crippen LogP contribution in [0.25, 0.3) is 10.9 Å². The SMILES string of the molecule is N#Cc1ccc2ncnc(NC3Cc4ccc(NC(=O)C5(O)CC5)cc4C3)c2c1. The lowest BCUT2D eigenvalue weighted by Crippen LogP contribution is -2.29. The van der Waals surface area contributed by atoms with E-state index in [2.05, 4.69) is 26.7 Å². The van der Waals surface area contributed by atoms with Crippen LogP contribution in [0.1, 0.15) is 29.5 Å². The molecule has 3 N–H and O–H groups in total. The Bertz CT molecular complexity index is 1180. The lowest BCUT2D eigenvalue weighted by molar-refractivity contribution is -0.125. The minimum Gasteiger partial charge on any atom is -0.380 e. The van der Waals surface area contributed by atoms with Crippen LogP contribution in [0.4, 0.5) is 11.5 Å². The summed E-state index contributed by atoms with van der Waals surface area (Å²) in [5, 5.41) is 26.2. The molecule has 7 heteroatoms. The summed E-state index contributed by atoms with van der Waals surface area (Å²) in [6.07, 6.45) is 4.21. The molecule has 29 heavy (non-hydrogen) atoms. The van der Waals surface area contributed by atoms with Crippen LogP contribution < -0.4 is 10.6 Å². The van der Waals surface area contributed by atoms with Crippen molar-refractivity contribution in [2.24, 2.45) is 0 Å². The third kappa shape index (κ3) is 3.28. The molecule has 0 aliphatic heterocycles. The van der Waals surface area contributed by atoms with Gasteiger partial charge in [0.25, 0.3) is 5.91 Å². The van der Waals surface area contributed by atoms with Gasteiger partial charge in [-0.1, -0.05) is 6.07 Å². The predicted octanol–water partition coefficient (Wildman–Crippen LogP) is 2.54. The first-order chi connectivity index (χ1) is 14.0. The zero-order valence-electron chi connectivity index (χ0n) is 15.6. The van der Waals surface area contributed by atoms with Gasteiger partial charge in [-0.3, -0.25) is 4.79 Å². The number of nitrogens with one attached hydrogen (secondary N) is 2. The second-order valence-corrected chi connectivity index (χ2v) is 7.78. The van der Waals surface area contributed by atoms with Crippen molar-refractivity contribution in [1.82, 2.24) is 9.97 Å². The summed E-state index contributed by atoms with van der Waals surface area (Å²) in [7, 11) is 0. The molecule has 144 valence electrons. The number of aromatic nitrogens is 2. The maximum atomic E-state index is 12.1. The molecule has 0 bridgehead atoms. The first-order valence-electron chi connectivity index (χ1n) is 9.61. The normalized spacial score (nSPS) is 18.7. The molecule has 5 rings (SSSR count). The molecule has 0 saturated heterocycles. The van der Waals surface area contributed by atoms with Crippen LogP contribution in [-0.4, -0.2) is 32.6 Å². The van der Waals surface area contributed by atoms with Crippen molar-refractivity contribution in [3.63, 3.8) is 0 Å². The molecule has 1 atom stereocenters. The quantitative estimate of drug-likeness (QED) is 0.636. The fourth-order valence-electron chi connectivity index (χ4n) is 3.83. The number of fused-ring (bicyclic) bond motifs is 2. The highest BCUT2D eigenvalue weighted by atomic mass is 16.3. The van der Waals surface area contributed by atoms with E-state index in [9.17, 15) is 15.2 Å². The van der Waals surface area contributed by atoms with E-state index in [4.69, 9.17) is 0 Å². The van der Waals surface area contributed by atoms with Gasteiger partial charge in [-0.2, -0.15) is 5.26 Å². The Balaban J connectivity index is 1.34. The highest BCUT2D eigenvalue weighted by Crippen LogP contribution is 2.36. The van der Waals surface area contributed by atoms with Crippen LogP contribution in [-0.2, 0) is 17.6 Å². The molecule has 1 amide bonds. The average Bonchev–Trinajstić information content (AvgIpc) is 3.36. The number of anilines is 2. The summed E-state index contributed by atoms with van der Waals surface area (Å²) in [4.78, 5) is 20.7. The van der Waals surface area contributed by atoms with E-state index >= 15 is 0 Å². The number of nitrogens with zero attached hydrogens (tertiary/aromatic N) is 3. The van der Waals surface area contributed by atoms with E-state index in [1.165, 1.54) is 17.5 Å². The first-order valence-corrected chi connectivity index (χ1v) is 9.61. The predicted molar refractivity (Wildman–Crippen MR) is 108 cm³/mol. The Labute approximate surface area is 167 Å². The number of aliphatic hydroxyl groups is 1. The maximum absolute atomic E-state index is 12.1. The fraction of sp³-hybridized carbons (Fsp3) is 0.273. The van der Waals surface area contributed by atoms with Crippen molar-refractivity contribution < 1.29 is 9.90 Å². The molecular formula is C22H19N5O2. The third-order valence-electron chi connectivity index (χ3n) is 5.65. The third-order valence-corrected chi connectivity index (χ3v) is 5.65. The Kier molecular flexibility index (Phi) is 3.96. The lowest BCUT2D eigenvalue weighted by atomic mass is 10.1. The standard InChI is InChI=1S/C22H19N5O2/c23-11-13-1-4-19-18(7-13)20(25-12-24-19)26-17-8-14-2-3-16(9-15(14)10-17)27-21(28)22(29)5-6-22/h1-4,7,9,12,17,29H,5-6,8,10H2,(H,27,28)(H,24,25,26). The summed E-state index contributed by atoms with van der Waals surface area (Å²) in [6.45, 7) is 0. The van der Waals surface area contributed by atoms with Gasteiger partial charge in [-0.05, 0) is 67.1 Å². The lowest BCUT2D eigenvalue weighted by Gasteiger charge is -2.14. The number of carbonyl (C=O) groups is 1. The van der Waals surface area contributed by atoms with Gasteiger partial charge in [-0.15, -0.1) is 0 Å². The first kappa shape index (κ1) is 17.6. The van der Waals surface area contributed by atoms with Crippen LogP contribution in [0.15, 0.2) is 42.7 Å². The molecule has 3 aromatic rings. The van der Waals surface area contributed by atoms with E-state index in [0.717, 1.165) is 29.6 Å². The van der Waals surface area contributed by atoms with Crippen LogP contribution in [0, 0.1) is 11.3 Å². The second kappa shape index (κ2) is 6.54. The maximum Gasteiger partial charge on any atom is 0.256 e. The van der Waals surface area contributed by atoms with Gasteiger partial charge < -0.3 is 15.7 Å². The monoisotopic (exact) mass is 385 g/mol. The minimum absolute atomic E-state index is 0.160. The summed E-state index contributed by atoms with van der Waals surface area (Å²) in [5.74, 6) is 0.389. The van der Waals surface area contributed by atoms with Gasteiger partial charge in [0, 0.05) is 17.1 Å². The highest BCUT2D eigenvalue weighted by molar-refractivity contribution is 5.99. The summed E-state index contributed by atoms with van der Waals surface area (Å²) >= 11 is 0. The number of rotatable bonds is 4. The molecule has 7 nitrogen and oxygen atoms in total. The van der Waals surface area contributed by atoms with Crippen molar-refractivity contribution in [2.75, 3.05) is 10.6 Å². The van der Waals surface area contributed by atoms with E-state index in [1.807, 2.05) is 24.3 Å². The van der Waals surface area contributed by atoms with E-state index in [1.54, 1.807) is 12.1 Å². The van der Waals surface area contributed by atoms with Crippen molar-refractivity contribution in [3.8, 4) is 6.07 Å². The van der Waals surface area contributed by atoms with Gasteiger partial charge in [0.2, 0.25) is 0 Å². The van der Waals surface area contributed by atoms with E-state index < -0.39 is 5.60 Å². The van der Waals surface area contributed by atoms with Crippen molar-refractivity contribution in [3.05, 3.63) is 59.4 Å². The largest absolute Gasteiger partial charge is 0.380 e. The number of amides is 1. The van der Waals surface area contributed by atoms with Crippen LogP contribution in [0.2, 0.25) is 0 Å². The van der Waals surface area contributed by atoms with E-state index in [-0.39, 0.29) is 11.9 Å². The van der Waals surface area contributed by atoms with Gasteiger partial charge in [0.1, 0.15) is 17.7 Å². The molecule has 1 heterocycles. The molecule has 1 aromatic heterocycles. The average molecular weight is 385 g/mol. The van der Waals surface area contributed by atoms with Gasteiger partial charge in [-0.25, -0.2) is 9.97 Å². The Morgan fingerprint density at radius 1 is 1.14 bits per heavy atom. The van der Waals surface area contributed by atoms with E-state index in [0.29, 0.717) is 24.1 Å². The number of carbonyl (C=O) groups excluding carboxylic acids is 1. The summed E-state index contributed by atoms with van der Waals surface area (Å²) < 4.78 is 0. The zero-order valence-corrected chi connectivity index (χ0v) is 15.6. The number of hydrogen-bond acceptors (Lipinski definition) is 6. The molecule has 1 unspecified atom stereocenters. The van der Waals surface area contributed by atoms with Crippen LogP contribution in [0.3, 0.4) is 0 Å². The molecule has 2 aliphatic carbocycles. The fourth-order valence-corrected chi connectivity index (χ4v) is 3.83. The van der Waals surface area contributed by atoms with Crippen LogP contribution >= 0.6 is 0 Å². The van der Waals surface area contributed by atoms with Crippen molar-refractivity contribution in [1.29, 1.82) is 5.26 Å². The van der Waals surface area contributed by atoms with Gasteiger partial charge in [0.15, 0.2) is 0 Å². The summed E-state index contributed by atoms with van der Waals surface area (Å²) in [5.41, 5.74) is 3.28. The highest BCUT2D eigenvalue weighted by Gasteiger charge is 2.48. The van der Waals surface area contributed by atoms with Gasteiger partial charge in [0.05, 0.1) is 17.1 Å². The molecule has 0 radical (unpaired) electrons. The van der Waals surface area contributed by atoms with Gasteiger partial charge >= 0.3 is 0 Å². The topological polar surface area (TPSA) is 111 Å².